The van der Waals surface area contributed by atoms with Crippen LogP contribution in [0.2, 0.25) is 0 Å². The normalized spacial score (nSPS) is 11.4. The van der Waals surface area contributed by atoms with Gasteiger partial charge in [-0.15, -0.1) is 10.2 Å². The molecule has 0 atom stereocenters. The van der Waals surface area contributed by atoms with Gasteiger partial charge in [-0.2, -0.15) is 0 Å². The molecule has 0 fully saturated rings. The van der Waals surface area contributed by atoms with Crippen molar-refractivity contribution >= 4 is 32.2 Å². The minimum absolute atomic E-state index is 0.0650. The van der Waals surface area contributed by atoms with E-state index in [2.05, 4.69) is 14.9 Å². The third-order valence-electron chi connectivity index (χ3n) is 2.01. The van der Waals surface area contributed by atoms with Crippen LogP contribution in [-0.2, 0) is 10.0 Å². The van der Waals surface area contributed by atoms with E-state index in [1.807, 2.05) is 0 Å². The summed E-state index contributed by atoms with van der Waals surface area (Å²) in [6, 6.07) is 3.66. The number of nitrogens with zero attached hydrogens (tertiary/aromatic N) is 2. The van der Waals surface area contributed by atoms with E-state index in [1.165, 1.54) is 12.1 Å². The first-order chi connectivity index (χ1) is 8.40. The van der Waals surface area contributed by atoms with Crippen molar-refractivity contribution < 1.29 is 12.8 Å². The molecule has 0 aliphatic heterocycles. The van der Waals surface area contributed by atoms with Crippen molar-refractivity contribution in [2.45, 2.75) is 11.8 Å². The highest BCUT2D eigenvalue weighted by atomic mass is 32.2. The number of nitrogens with two attached hydrogens (primary N) is 1. The summed E-state index contributed by atoms with van der Waals surface area (Å²) in [5.74, 6) is -0.913. The van der Waals surface area contributed by atoms with Gasteiger partial charge in [0.05, 0.1) is 5.69 Å². The van der Waals surface area contributed by atoms with Crippen LogP contribution in [-0.4, -0.2) is 18.6 Å². The fourth-order valence-electron chi connectivity index (χ4n) is 1.31. The first-order valence-electron chi connectivity index (χ1n) is 4.77. The molecule has 0 unspecified atom stereocenters. The number of hydrogen-bond donors (Lipinski definition) is 2. The van der Waals surface area contributed by atoms with Crippen LogP contribution in [0.15, 0.2) is 23.1 Å². The molecule has 3 N–H and O–H groups in total. The highest BCUT2D eigenvalue weighted by Crippen LogP contribution is 2.25. The molecule has 0 bridgehead atoms. The van der Waals surface area contributed by atoms with Crippen molar-refractivity contribution in [3.63, 3.8) is 0 Å². The predicted octanol–water partition coefficient (Wildman–Crippen LogP) is 1.37. The molecule has 2 aromatic rings. The van der Waals surface area contributed by atoms with Crippen LogP contribution in [0.3, 0.4) is 0 Å². The molecule has 0 spiro atoms. The SMILES string of the molecule is Cc1nnc(NS(=O)(=O)c2c(N)cccc2F)s1. The molecule has 18 heavy (non-hydrogen) atoms. The minimum Gasteiger partial charge on any atom is -0.398 e. The standard InChI is InChI=1S/C9H9FN4O2S2/c1-5-12-13-9(17-5)14-18(15,16)8-6(10)3-2-4-7(8)11/h2-4H,11H2,1H3,(H,13,14). The average Bonchev–Trinajstić information content (AvgIpc) is 2.62. The molecule has 96 valence electrons. The van der Waals surface area contributed by atoms with Gasteiger partial charge in [0.2, 0.25) is 5.13 Å². The van der Waals surface area contributed by atoms with Gasteiger partial charge in [0.1, 0.15) is 15.7 Å². The van der Waals surface area contributed by atoms with Crippen LogP contribution in [0, 0.1) is 12.7 Å². The molecule has 0 saturated carbocycles. The van der Waals surface area contributed by atoms with E-state index >= 15 is 0 Å². The third-order valence-corrected chi connectivity index (χ3v) is 4.33. The number of aryl methyl sites for hydroxylation is 1. The van der Waals surface area contributed by atoms with E-state index < -0.39 is 20.7 Å². The van der Waals surface area contributed by atoms with Crippen LogP contribution >= 0.6 is 11.3 Å². The van der Waals surface area contributed by atoms with Crippen LogP contribution in [0.1, 0.15) is 5.01 Å². The Balaban J connectivity index is 2.43. The lowest BCUT2D eigenvalue weighted by molar-refractivity contribution is 0.571. The minimum atomic E-state index is -4.10. The van der Waals surface area contributed by atoms with E-state index in [1.54, 1.807) is 6.92 Å². The van der Waals surface area contributed by atoms with Gasteiger partial charge in [-0.1, -0.05) is 17.4 Å². The zero-order chi connectivity index (χ0) is 13.3. The quantitative estimate of drug-likeness (QED) is 0.831. The number of halogens is 1. The predicted molar refractivity (Wildman–Crippen MR) is 66.3 cm³/mol. The molecule has 0 saturated heterocycles. The van der Waals surface area contributed by atoms with Crippen molar-refractivity contribution in [1.82, 2.24) is 10.2 Å². The lowest BCUT2D eigenvalue weighted by atomic mass is 10.3. The Morgan fingerprint density at radius 2 is 2.11 bits per heavy atom. The molecule has 0 aliphatic carbocycles. The largest absolute Gasteiger partial charge is 0.398 e. The van der Waals surface area contributed by atoms with E-state index in [-0.39, 0.29) is 10.8 Å². The number of sulfonamides is 1. The molecule has 1 aromatic carbocycles. The van der Waals surface area contributed by atoms with Crippen LogP contribution in [0.25, 0.3) is 0 Å². The van der Waals surface area contributed by atoms with E-state index in [0.717, 1.165) is 17.4 Å². The lowest BCUT2D eigenvalue weighted by Gasteiger charge is -2.08. The zero-order valence-electron chi connectivity index (χ0n) is 9.21. The maximum atomic E-state index is 13.5. The van der Waals surface area contributed by atoms with E-state index in [0.29, 0.717) is 5.01 Å². The smallest absolute Gasteiger partial charge is 0.268 e. The van der Waals surface area contributed by atoms with Crippen molar-refractivity contribution in [3.8, 4) is 0 Å². The maximum Gasteiger partial charge on any atom is 0.268 e. The fraction of sp³-hybridized carbons (Fsp3) is 0.111. The zero-order valence-corrected chi connectivity index (χ0v) is 10.8. The van der Waals surface area contributed by atoms with Gasteiger partial charge in [0.25, 0.3) is 10.0 Å². The lowest BCUT2D eigenvalue weighted by Crippen LogP contribution is -2.16. The summed E-state index contributed by atoms with van der Waals surface area (Å²) >= 11 is 1.05. The van der Waals surface area contributed by atoms with Gasteiger partial charge < -0.3 is 5.73 Å². The Labute approximate surface area is 107 Å². The highest BCUT2D eigenvalue weighted by Gasteiger charge is 2.23. The van der Waals surface area contributed by atoms with Gasteiger partial charge in [0.15, 0.2) is 0 Å². The summed E-state index contributed by atoms with van der Waals surface area (Å²) in [5.41, 5.74) is 5.31. The van der Waals surface area contributed by atoms with Gasteiger partial charge in [0, 0.05) is 0 Å². The fourth-order valence-corrected chi connectivity index (χ4v) is 3.33. The summed E-state index contributed by atoms with van der Waals surface area (Å²) in [4.78, 5) is -0.585. The number of aromatic nitrogens is 2. The summed E-state index contributed by atoms with van der Waals surface area (Å²) in [7, 11) is -4.10. The second-order valence-corrected chi connectivity index (χ2v) is 6.19. The van der Waals surface area contributed by atoms with Gasteiger partial charge >= 0.3 is 0 Å². The molecule has 0 radical (unpaired) electrons. The van der Waals surface area contributed by atoms with E-state index in [9.17, 15) is 12.8 Å². The first kappa shape index (κ1) is 12.7. The van der Waals surface area contributed by atoms with Gasteiger partial charge in [-0.25, -0.2) is 12.8 Å². The third kappa shape index (κ3) is 2.41. The van der Waals surface area contributed by atoms with Crippen LogP contribution in [0.5, 0.6) is 0 Å². The van der Waals surface area contributed by atoms with Crippen LogP contribution < -0.4 is 10.5 Å². The molecule has 0 amide bonds. The Morgan fingerprint density at radius 3 is 2.67 bits per heavy atom. The van der Waals surface area contributed by atoms with Crippen molar-refractivity contribution in [1.29, 1.82) is 0 Å². The van der Waals surface area contributed by atoms with Crippen molar-refractivity contribution in [3.05, 3.63) is 29.0 Å². The van der Waals surface area contributed by atoms with Gasteiger partial charge in [-0.3, -0.25) is 4.72 Å². The number of hydrogen-bond acceptors (Lipinski definition) is 6. The Hall–Kier alpha value is -1.74. The molecule has 6 nitrogen and oxygen atoms in total. The van der Waals surface area contributed by atoms with E-state index in [4.69, 9.17) is 5.73 Å². The summed E-state index contributed by atoms with van der Waals surface area (Å²) in [6.07, 6.45) is 0. The average molecular weight is 288 g/mol. The Kier molecular flexibility index (Phi) is 3.18. The second kappa shape index (κ2) is 4.50. The number of benzene rings is 1. The molecule has 9 heteroatoms. The van der Waals surface area contributed by atoms with Crippen LogP contribution in [0.4, 0.5) is 15.2 Å². The molecule has 0 aliphatic rings. The highest BCUT2D eigenvalue weighted by molar-refractivity contribution is 7.93. The topological polar surface area (TPSA) is 98.0 Å². The molecule has 2 rings (SSSR count). The first-order valence-corrected chi connectivity index (χ1v) is 7.07. The van der Waals surface area contributed by atoms with Crippen molar-refractivity contribution in [2.24, 2.45) is 0 Å². The van der Waals surface area contributed by atoms with Gasteiger partial charge in [-0.05, 0) is 19.1 Å². The second-order valence-electron chi connectivity index (χ2n) is 3.39. The number of nitrogens with one attached hydrogen (secondary N) is 1. The molecular weight excluding hydrogens is 279 g/mol. The maximum absolute atomic E-state index is 13.5. The molecular formula is C9H9FN4O2S2. The number of nitrogen functional groups attached to an aromatic ring is 1. The summed E-state index contributed by atoms with van der Waals surface area (Å²) < 4.78 is 39.6. The number of anilines is 2. The Morgan fingerprint density at radius 1 is 1.39 bits per heavy atom. The summed E-state index contributed by atoms with van der Waals surface area (Å²) in [6.45, 7) is 1.67. The summed E-state index contributed by atoms with van der Waals surface area (Å²) in [5, 5.41) is 7.91. The Bertz CT molecular complexity index is 663. The number of rotatable bonds is 3. The molecule has 1 aromatic heterocycles. The molecule has 1 heterocycles. The monoisotopic (exact) mass is 288 g/mol. The van der Waals surface area contributed by atoms with Crippen molar-refractivity contribution in [2.75, 3.05) is 10.5 Å².